The topological polar surface area (TPSA) is 65.1 Å². The predicted octanol–water partition coefficient (Wildman–Crippen LogP) is 3.87. The molecule has 0 aliphatic carbocycles. The van der Waals surface area contributed by atoms with Crippen molar-refractivity contribution in [3.8, 4) is 5.69 Å². The van der Waals surface area contributed by atoms with E-state index in [-0.39, 0.29) is 11.4 Å². The van der Waals surface area contributed by atoms with Crippen LogP contribution in [0.2, 0.25) is 5.15 Å². The van der Waals surface area contributed by atoms with Crippen molar-refractivity contribution in [2.75, 3.05) is 0 Å². The third-order valence-corrected chi connectivity index (χ3v) is 4.70. The first-order valence-electron chi connectivity index (χ1n) is 8.49. The van der Waals surface area contributed by atoms with Gasteiger partial charge in [-0.3, -0.25) is 4.79 Å². The van der Waals surface area contributed by atoms with Crippen LogP contribution in [-0.4, -0.2) is 25.7 Å². The van der Waals surface area contributed by atoms with Crippen LogP contribution in [0.3, 0.4) is 0 Å². The summed E-state index contributed by atoms with van der Waals surface area (Å²) in [6.45, 7) is 3.49. The van der Waals surface area contributed by atoms with Crippen LogP contribution in [0.25, 0.3) is 16.6 Å². The van der Waals surface area contributed by atoms with Gasteiger partial charge in [0.2, 0.25) is 0 Å². The van der Waals surface area contributed by atoms with E-state index in [1.807, 2.05) is 6.07 Å². The number of aromatic nitrogens is 4. The molecule has 0 unspecified atom stereocenters. The van der Waals surface area contributed by atoms with Gasteiger partial charge in [-0.15, -0.1) is 0 Å². The molecule has 0 saturated heterocycles. The summed E-state index contributed by atoms with van der Waals surface area (Å²) in [6, 6.07) is 12.9. The van der Waals surface area contributed by atoms with E-state index in [1.165, 1.54) is 27.7 Å². The van der Waals surface area contributed by atoms with Crippen LogP contribution in [-0.2, 0) is 0 Å². The van der Waals surface area contributed by atoms with Gasteiger partial charge in [0.15, 0.2) is 0 Å². The lowest BCUT2D eigenvalue weighted by Crippen LogP contribution is -2.20. The van der Waals surface area contributed by atoms with Crippen LogP contribution >= 0.6 is 11.6 Å². The first-order valence-corrected chi connectivity index (χ1v) is 8.87. The molecule has 0 spiro atoms. The van der Waals surface area contributed by atoms with Gasteiger partial charge in [-0.2, -0.15) is 14.9 Å². The number of hydrogen-bond donors (Lipinski definition) is 0. The standard InChI is InChI=1S/C20H15ClFN5O/c1-12-17(19(21)27(25-12)15-9-7-14(22)8-10-15)11-23-26-13(2)24-18-6-4-3-5-16(18)20(26)28/h3-11H,1-2H3. The van der Waals surface area contributed by atoms with Gasteiger partial charge in [0.05, 0.1) is 34.1 Å². The third kappa shape index (κ3) is 3.10. The molecule has 6 nitrogen and oxygen atoms in total. The Balaban J connectivity index is 1.78. The Hall–Kier alpha value is -3.32. The zero-order valence-corrected chi connectivity index (χ0v) is 15.9. The van der Waals surface area contributed by atoms with Crippen molar-refractivity contribution >= 4 is 28.7 Å². The van der Waals surface area contributed by atoms with Crippen molar-refractivity contribution in [1.29, 1.82) is 0 Å². The van der Waals surface area contributed by atoms with E-state index in [0.29, 0.717) is 38.8 Å². The average Bonchev–Trinajstić information content (AvgIpc) is 2.96. The molecule has 4 aromatic rings. The minimum absolute atomic E-state index is 0.265. The second-order valence-electron chi connectivity index (χ2n) is 6.22. The van der Waals surface area contributed by atoms with Crippen LogP contribution in [0.15, 0.2) is 58.4 Å². The number of fused-ring (bicyclic) bond motifs is 1. The highest BCUT2D eigenvalue weighted by Gasteiger charge is 2.14. The molecule has 0 saturated carbocycles. The molecule has 8 heteroatoms. The predicted molar refractivity (Wildman–Crippen MR) is 107 cm³/mol. The fourth-order valence-corrected chi connectivity index (χ4v) is 3.22. The number of nitrogens with zero attached hydrogens (tertiary/aromatic N) is 5. The molecule has 0 amide bonds. The van der Waals surface area contributed by atoms with Crippen LogP contribution in [0.4, 0.5) is 4.39 Å². The Morgan fingerprint density at radius 2 is 1.82 bits per heavy atom. The van der Waals surface area contributed by atoms with Gasteiger partial charge in [0.1, 0.15) is 16.8 Å². The monoisotopic (exact) mass is 395 g/mol. The lowest BCUT2D eigenvalue weighted by molar-refractivity contribution is 0.627. The van der Waals surface area contributed by atoms with E-state index in [4.69, 9.17) is 11.6 Å². The number of aryl methyl sites for hydroxylation is 2. The van der Waals surface area contributed by atoms with Crippen molar-refractivity contribution in [2.24, 2.45) is 5.10 Å². The number of halogens is 2. The van der Waals surface area contributed by atoms with E-state index >= 15 is 0 Å². The Morgan fingerprint density at radius 1 is 1.11 bits per heavy atom. The fraction of sp³-hybridized carbons (Fsp3) is 0.100. The highest BCUT2D eigenvalue weighted by molar-refractivity contribution is 6.32. The summed E-state index contributed by atoms with van der Waals surface area (Å²) in [4.78, 5) is 17.1. The lowest BCUT2D eigenvalue weighted by atomic mass is 10.2. The average molecular weight is 396 g/mol. The van der Waals surface area contributed by atoms with Crippen molar-refractivity contribution < 1.29 is 4.39 Å². The van der Waals surface area contributed by atoms with E-state index in [0.717, 1.165) is 0 Å². The Bertz CT molecular complexity index is 1270. The second-order valence-corrected chi connectivity index (χ2v) is 6.57. The van der Waals surface area contributed by atoms with E-state index in [2.05, 4.69) is 15.2 Å². The molecular weight excluding hydrogens is 381 g/mol. The zero-order valence-electron chi connectivity index (χ0n) is 15.1. The molecular formula is C20H15ClFN5O. The van der Waals surface area contributed by atoms with Crippen LogP contribution in [0.5, 0.6) is 0 Å². The first-order chi connectivity index (χ1) is 13.5. The normalized spacial score (nSPS) is 11.6. The molecule has 28 heavy (non-hydrogen) atoms. The van der Waals surface area contributed by atoms with E-state index < -0.39 is 0 Å². The van der Waals surface area contributed by atoms with Gasteiger partial charge >= 0.3 is 0 Å². The lowest BCUT2D eigenvalue weighted by Gasteiger charge is -2.05. The molecule has 4 rings (SSSR count). The van der Waals surface area contributed by atoms with Gasteiger partial charge < -0.3 is 0 Å². The maximum absolute atomic E-state index is 13.2. The number of benzene rings is 2. The Morgan fingerprint density at radius 3 is 2.57 bits per heavy atom. The summed E-state index contributed by atoms with van der Waals surface area (Å²) in [7, 11) is 0. The summed E-state index contributed by atoms with van der Waals surface area (Å²) in [5.41, 5.74) is 2.16. The molecule has 0 atom stereocenters. The summed E-state index contributed by atoms with van der Waals surface area (Å²) in [5, 5.41) is 9.47. The Kier molecular flexibility index (Phi) is 4.52. The van der Waals surface area contributed by atoms with Crippen molar-refractivity contribution in [2.45, 2.75) is 13.8 Å². The molecule has 2 aromatic heterocycles. The SMILES string of the molecule is Cc1nn(-c2ccc(F)cc2)c(Cl)c1C=Nn1c(C)nc2ccccc2c1=O. The minimum Gasteiger partial charge on any atom is -0.267 e. The van der Waals surface area contributed by atoms with Gasteiger partial charge in [-0.1, -0.05) is 23.7 Å². The molecule has 2 aromatic carbocycles. The largest absolute Gasteiger partial charge is 0.282 e. The molecule has 0 radical (unpaired) electrons. The molecule has 140 valence electrons. The zero-order chi connectivity index (χ0) is 19.8. The minimum atomic E-state index is -0.343. The fourth-order valence-electron chi connectivity index (χ4n) is 2.90. The summed E-state index contributed by atoms with van der Waals surface area (Å²) in [5.74, 6) is 0.115. The summed E-state index contributed by atoms with van der Waals surface area (Å²) < 4.78 is 15.9. The number of para-hydroxylation sites is 1. The molecule has 0 bridgehead atoms. The van der Waals surface area contributed by atoms with Crippen LogP contribution < -0.4 is 5.56 Å². The Labute approximate surface area is 164 Å². The van der Waals surface area contributed by atoms with Crippen molar-refractivity contribution in [1.82, 2.24) is 19.4 Å². The van der Waals surface area contributed by atoms with Crippen molar-refractivity contribution in [3.05, 3.63) is 86.9 Å². The molecule has 0 N–H and O–H groups in total. The van der Waals surface area contributed by atoms with Crippen molar-refractivity contribution in [3.63, 3.8) is 0 Å². The van der Waals surface area contributed by atoms with E-state index in [1.54, 1.807) is 44.2 Å². The quantitative estimate of drug-likeness (QED) is 0.494. The number of hydrogen-bond acceptors (Lipinski definition) is 4. The third-order valence-electron chi connectivity index (χ3n) is 4.34. The van der Waals surface area contributed by atoms with Gasteiger partial charge in [0, 0.05) is 0 Å². The van der Waals surface area contributed by atoms with E-state index in [9.17, 15) is 9.18 Å². The maximum Gasteiger partial charge on any atom is 0.282 e. The summed E-state index contributed by atoms with van der Waals surface area (Å²) in [6.07, 6.45) is 1.48. The van der Waals surface area contributed by atoms with Crippen LogP contribution in [0, 0.1) is 19.7 Å². The summed E-state index contributed by atoms with van der Waals surface area (Å²) >= 11 is 6.46. The molecule has 0 fully saturated rings. The molecule has 0 aliphatic rings. The second kappa shape index (κ2) is 7.01. The van der Waals surface area contributed by atoms with Gasteiger partial charge in [-0.05, 0) is 50.2 Å². The van der Waals surface area contributed by atoms with Gasteiger partial charge in [0.25, 0.3) is 5.56 Å². The molecule has 0 aliphatic heterocycles. The number of rotatable bonds is 3. The smallest absolute Gasteiger partial charge is 0.267 e. The highest BCUT2D eigenvalue weighted by Crippen LogP contribution is 2.22. The van der Waals surface area contributed by atoms with Gasteiger partial charge in [-0.25, -0.2) is 14.1 Å². The first kappa shape index (κ1) is 18.1. The maximum atomic E-state index is 13.2. The van der Waals surface area contributed by atoms with Crippen LogP contribution in [0.1, 0.15) is 17.1 Å². The molecule has 2 heterocycles. The highest BCUT2D eigenvalue weighted by atomic mass is 35.5.